The molecule has 4 nitrogen and oxygen atoms in total. The zero-order valence-corrected chi connectivity index (χ0v) is 9.09. The molecule has 0 aliphatic rings. The molecule has 0 bridgehead atoms. The molecule has 0 aliphatic heterocycles. The Morgan fingerprint density at radius 3 is 2.07 bits per heavy atom. The van der Waals surface area contributed by atoms with Crippen LogP contribution in [0.3, 0.4) is 0 Å². The molecule has 0 radical (unpaired) electrons. The number of hydrogen-bond acceptors (Lipinski definition) is 4. The molecule has 0 spiro atoms. The van der Waals surface area contributed by atoms with Crippen LogP contribution in [0, 0.1) is 0 Å². The smallest absolute Gasteiger partial charge is 0.175 e. The first kappa shape index (κ1) is 10.8. The van der Waals surface area contributed by atoms with E-state index < -0.39 is 9.84 Å². The first-order valence-corrected chi connectivity index (χ1v) is 5.80. The lowest BCUT2D eigenvalue weighted by Crippen LogP contribution is -1.98. The van der Waals surface area contributed by atoms with Gasteiger partial charge in [0.05, 0.1) is 19.1 Å². The summed E-state index contributed by atoms with van der Waals surface area (Å²) in [6, 6.07) is 4.49. The van der Waals surface area contributed by atoms with Crippen LogP contribution in [-0.4, -0.2) is 28.9 Å². The lowest BCUT2D eigenvalue weighted by molar-refractivity contribution is 0.354. The van der Waals surface area contributed by atoms with Gasteiger partial charge in [0.1, 0.15) is 0 Å². The summed E-state index contributed by atoms with van der Waals surface area (Å²) in [5.74, 6) is 0.926. The Morgan fingerprint density at radius 2 is 1.64 bits per heavy atom. The van der Waals surface area contributed by atoms with E-state index in [2.05, 4.69) is 0 Å². The van der Waals surface area contributed by atoms with E-state index in [4.69, 9.17) is 9.47 Å². The molecule has 0 unspecified atom stereocenters. The molecular weight excluding hydrogens is 204 g/mol. The Morgan fingerprint density at radius 1 is 1.07 bits per heavy atom. The molecular formula is C9H12O4S. The van der Waals surface area contributed by atoms with Crippen LogP contribution in [0.1, 0.15) is 0 Å². The van der Waals surface area contributed by atoms with Gasteiger partial charge in [0, 0.05) is 12.3 Å². The van der Waals surface area contributed by atoms with Crippen LogP contribution in [0.25, 0.3) is 0 Å². The summed E-state index contributed by atoms with van der Waals surface area (Å²) in [5, 5.41) is 0. The van der Waals surface area contributed by atoms with Crippen molar-refractivity contribution in [2.24, 2.45) is 0 Å². The average molecular weight is 216 g/mol. The fourth-order valence-corrected chi connectivity index (χ4v) is 1.68. The van der Waals surface area contributed by atoms with E-state index in [0.29, 0.717) is 11.5 Å². The summed E-state index contributed by atoms with van der Waals surface area (Å²) in [7, 11) is -0.236. The number of sulfone groups is 1. The van der Waals surface area contributed by atoms with Gasteiger partial charge in [0.15, 0.2) is 21.3 Å². The fourth-order valence-electron chi connectivity index (χ4n) is 1.05. The van der Waals surface area contributed by atoms with Gasteiger partial charge in [-0.15, -0.1) is 0 Å². The maximum Gasteiger partial charge on any atom is 0.175 e. The Balaban J connectivity index is 3.28. The second-order valence-electron chi connectivity index (χ2n) is 2.79. The molecule has 0 saturated heterocycles. The van der Waals surface area contributed by atoms with Crippen molar-refractivity contribution in [1.82, 2.24) is 0 Å². The normalized spacial score (nSPS) is 11.1. The highest BCUT2D eigenvalue weighted by Crippen LogP contribution is 2.29. The Kier molecular flexibility index (Phi) is 3.00. The van der Waals surface area contributed by atoms with Crippen LogP contribution in [0.4, 0.5) is 0 Å². The maximum absolute atomic E-state index is 11.2. The summed E-state index contributed by atoms with van der Waals surface area (Å²) >= 11 is 0. The van der Waals surface area contributed by atoms with E-state index in [-0.39, 0.29) is 4.90 Å². The molecule has 1 aromatic carbocycles. The van der Waals surface area contributed by atoms with E-state index in [9.17, 15) is 8.42 Å². The van der Waals surface area contributed by atoms with Crippen molar-refractivity contribution in [3.63, 3.8) is 0 Å². The zero-order chi connectivity index (χ0) is 10.8. The molecule has 5 heteroatoms. The third kappa shape index (κ3) is 2.17. The zero-order valence-electron chi connectivity index (χ0n) is 8.27. The van der Waals surface area contributed by atoms with Crippen molar-refractivity contribution in [1.29, 1.82) is 0 Å². The van der Waals surface area contributed by atoms with Crippen LogP contribution in [0.15, 0.2) is 23.1 Å². The average Bonchev–Trinajstić information content (AvgIpc) is 2.15. The highest BCUT2D eigenvalue weighted by Gasteiger charge is 2.11. The highest BCUT2D eigenvalue weighted by atomic mass is 32.2. The molecule has 14 heavy (non-hydrogen) atoms. The molecule has 1 rings (SSSR count). The van der Waals surface area contributed by atoms with Crippen molar-refractivity contribution in [2.45, 2.75) is 4.90 Å². The summed E-state index contributed by atoms with van der Waals surface area (Å²) in [6.45, 7) is 0. The minimum absolute atomic E-state index is 0.218. The second kappa shape index (κ2) is 3.88. The van der Waals surface area contributed by atoms with E-state index in [1.807, 2.05) is 0 Å². The second-order valence-corrected chi connectivity index (χ2v) is 4.80. The van der Waals surface area contributed by atoms with Gasteiger partial charge in [-0.1, -0.05) is 0 Å². The SMILES string of the molecule is COc1ccc(S(C)(=O)=O)cc1OC. The Labute approximate surface area is 83.4 Å². The molecule has 0 N–H and O–H groups in total. The van der Waals surface area contributed by atoms with Crippen molar-refractivity contribution >= 4 is 9.84 Å². The van der Waals surface area contributed by atoms with Gasteiger partial charge >= 0.3 is 0 Å². The lowest BCUT2D eigenvalue weighted by atomic mass is 10.3. The Bertz CT molecular complexity index is 422. The van der Waals surface area contributed by atoms with Crippen molar-refractivity contribution in [3.05, 3.63) is 18.2 Å². The van der Waals surface area contributed by atoms with Crippen LogP contribution < -0.4 is 9.47 Å². The molecule has 0 fully saturated rings. The maximum atomic E-state index is 11.2. The number of ether oxygens (including phenoxy) is 2. The van der Waals surface area contributed by atoms with E-state index >= 15 is 0 Å². The van der Waals surface area contributed by atoms with Gasteiger partial charge in [0.25, 0.3) is 0 Å². The fraction of sp³-hybridized carbons (Fsp3) is 0.333. The van der Waals surface area contributed by atoms with Crippen LogP contribution >= 0.6 is 0 Å². The van der Waals surface area contributed by atoms with Gasteiger partial charge in [0.2, 0.25) is 0 Å². The van der Waals surface area contributed by atoms with Crippen LogP contribution in [-0.2, 0) is 9.84 Å². The van der Waals surface area contributed by atoms with Gasteiger partial charge < -0.3 is 9.47 Å². The van der Waals surface area contributed by atoms with Gasteiger partial charge in [-0.2, -0.15) is 0 Å². The molecule has 1 aromatic rings. The minimum atomic E-state index is -3.20. The molecule has 0 aliphatic carbocycles. The predicted octanol–water partition coefficient (Wildman–Crippen LogP) is 1.11. The monoisotopic (exact) mass is 216 g/mol. The van der Waals surface area contributed by atoms with Crippen LogP contribution in [0.5, 0.6) is 11.5 Å². The predicted molar refractivity (Wildman–Crippen MR) is 52.7 cm³/mol. The van der Waals surface area contributed by atoms with Gasteiger partial charge in [-0.05, 0) is 12.1 Å². The van der Waals surface area contributed by atoms with Crippen molar-refractivity contribution in [2.75, 3.05) is 20.5 Å². The number of rotatable bonds is 3. The van der Waals surface area contributed by atoms with E-state index in [1.165, 1.54) is 26.4 Å². The first-order valence-electron chi connectivity index (χ1n) is 3.91. The molecule has 0 atom stereocenters. The number of benzene rings is 1. The minimum Gasteiger partial charge on any atom is -0.493 e. The molecule has 0 saturated carbocycles. The van der Waals surface area contributed by atoms with Crippen molar-refractivity contribution in [3.8, 4) is 11.5 Å². The summed E-state index contributed by atoms with van der Waals surface area (Å²) in [5.41, 5.74) is 0. The lowest BCUT2D eigenvalue weighted by Gasteiger charge is -2.08. The van der Waals surface area contributed by atoms with Crippen molar-refractivity contribution < 1.29 is 17.9 Å². The molecule has 0 amide bonds. The first-order chi connectivity index (χ1) is 6.49. The molecule has 0 heterocycles. The summed E-state index contributed by atoms with van der Waals surface area (Å²) in [4.78, 5) is 0.218. The number of methoxy groups -OCH3 is 2. The summed E-state index contributed by atoms with van der Waals surface area (Å²) < 4.78 is 32.4. The van der Waals surface area contributed by atoms with E-state index in [1.54, 1.807) is 6.07 Å². The van der Waals surface area contributed by atoms with Crippen LogP contribution in [0.2, 0.25) is 0 Å². The highest BCUT2D eigenvalue weighted by molar-refractivity contribution is 7.90. The molecule has 78 valence electrons. The van der Waals surface area contributed by atoms with E-state index in [0.717, 1.165) is 6.26 Å². The third-order valence-electron chi connectivity index (χ3n) is 1.78. The number of hydrogen-bond donors (Lipinski definition) is 0. The topological polar surface area (TPSA) is 52.6 Å². The quantitative estimate of drug-likeness (QED) is 0.759. The molecule has 0 aromatic heterocycles. The largest absolute Gasteiger partial charge is 0.493 e. The Hall–Kier alpha value is -1.23. The summed E-state index contributed by atoms with van der Waals surface area (Å²) in [6.07, 6.45) is 1.15. The third-order valence-corrected chi connectivity index (χ3v) is 2.89. The van der Waals surface area contributed by atoms with Gasteiger partial charge in [-0.25, -0.2) is 8.42 Å². The van der Waals surface area contributed by atoms with Gasteiger partial charge in [-0.3, -0.25) is 0 Å². The standard InChI is InChI=1S/C9H12O4S/c1-12-8-5-4-7(14(3,10)11)6-9(8)13-2/h4-6H,1-3H3.